The SMILES string of the molecule is C[C@@H]1CC2C3C[C@H](C)C4=CC(=O)C=C[C@]4(C)[C@@]3(F)[C@@H](O)CC2(C)[C@@]1(OC(=O)c1ccco1)C(=O)SCC#CCOC(=O)CC(C)(C)F. The van der Waals surface area contributed by atoms with Crippen molar-refractivity contribution in [3.8, 4) is 11.8 Å². The smallest absolute Gasteiger partial charge is 0.375 e. The van der Waals surface area contributed by atoms with Crippen LogP contribution in [0.15, 0.2) is 46.6 Å². The first-order chi connectivity index (χ1) is 21.9. The van der Waals surface area contributed by atoms with Crippen molar-refractivity contribution in [2.75, 3.05) is 12.4 Å². The number of allylic oxidation sites excluding steroid dienone is 4. The Morgan fingerprint density at radius 3 is 2.55 bits per heavy atom. The number of fused-ring (bicyclic) bond motifs is 5. The van der Waals surface area contributed by atoms with E-state index in [-0.39, 0.29) is 36.2 Å². The van der Waals surface area contributed by atoms with Gasteiger partial charge in [-0.2, -0.15) is 0 Å². The third kappa shape index (κ3) is 5.69. The lowest BCUT2D eigenvalue weighted by Crippen LogP contribution is -2.70. The number of aliphatic hydroxyl groups excluding tert-OH is 1. The van der Waals surface area contributed by atoms with Gasteiger partial charge in [0.2, 0.25) is 10.9 Å². The fourth-order valence-corrected chi connectivity index (χ4v) is 10.0. The first-order valence-corrected chi connectivity index (χ1v) is 17.0. The summed E-state index contributed by atoms with van der Waals surface area (Å²) in [6, 6.07) is 2.96. The van der Waals surface area contributed by atoms with Crippen molar-refractivity contribution >= 4 is 34.6 Å². The Morgan fingerprint density at radius 2 is 1.89 bits per heavy atom. The van der Waals surface area contributed by atoms with Crippen LogP contribution in [0.1, 0.15) is 77.8 Å². The highest BCUT2D eigenvalue weighted by Crippen LogP contribution is 2.72. The summed E-state index contributed by atoms with van der Waals surface area (Å²) in [6.07, 6.45) is 4.32. The number of aliphatic hydroxyl groups is 1. The molecule has 0 radical (unpaired) electrons. The number of alkyl halides is 2. The second-order valence-corrected chi connectivity index (χ2v) is 15.5. The van der Waals surface area contributed by atoms with E-state index in [1.54, 1.807) is 26.8 Å². The lowest BCUT2D eigenvalue weighted by atomic mass is 9.43. The summed E-state index contributed by atoms with van der Waals surface area (Å²) < 4.78 is 48.0. The van der Waals surface area contributed by atoms with Crippen LogP contribution in [0.4, 0.5) is 8.78 Å². The molecule has 3 saturated carbocycles. The fraction of sp³-hybridized carbons (Fsp3) is 0.611. The summed E-state index contributed by atoms with van der Waals surface area (Å²) in [6.45, 7) is 9.54. The quantitative estimate of drug-likeness (QED) is 0.276. The minimum atomic E-state index is -2.13. The Hall–Kier alpha value is -3.23. The summed E-state index contributed by atoms with van der Waals surface area (Å²) in [7, 11) is 0. The minimum absolute atomic E-state index is 0.0282. The molecule has 0 bridgehead atoms. The predicted octanol–water partition coefficient (Wildman–Crippen LogP) is 5.98. The Morgan fingerprint density at radius 1 is 1.17 bits per heavy atom. The predicted molar refractivity (Wildman–Crippen MR) is 170 cm³/mol. The van der Waals surface area contributed by atoms with Crippen molar-refractivity contribution in [2.45, 2.75) is 90.3 Å². The molecule has 4 aliphatic carbocycles. The van der Waals surface area contributed by atoms with Crippen LogP contribution in [-0.4, -0.2) is 63.3 Å². The molecule has 3 fully saturated rings. The first-order valence-electron chi connectivity index (χ1n) is 16.0. The molecule has 1 heterocycles. The van der Waals surface area contributed by atoms with Crippen molar-refractivity contribution in [1.82, 2.24) is 0 Å². The molecule has 11 heteroatoms. The number of carbonyl (C=O) groups is 4. The Kier molecular flexibility index (Phi) is 9.21. The Bertz CT molecular complexity index is 1570. The molecule has 8 nitrogen and oxygen atoms in total. The molecule has 4 aliphatic rings. The summed E-state index contributed by atoms with van der Waals surface area (Å²) in [5.74, 6) is 1.60. The fourth-order valence-electron chi connectivity index (χ4n) is 9.03. The highest BCUT2D eigenvalue weighted by Gasteiger charge is 2.77. The molecule has 3 unspecified atom stereocenters. The Labute approximate surface area is 278 Å². The number of thioether (sulfide) groups is 1. The molecule has 0 aromatic carbocycles. The molecular weight excluding hydrogens is 630 g/mol. The van der Waals surface area contributed by atoms with Crippen LogP contribution in [0.3, 0.4) is 0 Å². The normalized spacial score (nSPS) is 37.4. The van der Waals surface area contributed by atoms with Crippen LogP contribution >= 0.6 is 11.8 Å². The number of furan rings is 1. The maximum Gasteiger partial charge on any atom is 0.375 e. The summed E-state index contributed by atoms with van der Waals surface area (Å²) in [4.78, 5) is 52.0. The van der Waals surface area contributed by atoms with Crippen LogP contribution in [-0.2, 0) is 23.9 Å². The van der Waals surface area contributed by atoms with Gasteiger partial charge in [0.25, 0.3) is 0 Å². The molecule has 0 spiro atoms. The van der Waals surface area contributed by atoms with Crippen LogP contribution in [0, 0.1) is 46.3 Å². The van der Waals surface area contributed by atoms with Gasteiger partial charge < -0.3 is 19.0 Å². The summed E-state index contributed by atoms with van der Waals surface area (Å²) in [5.41, 5.74) is -7.38. The van der Waals surface area contributed by atoms with Crippen molar-refractivity contribution in [3.05, 3.63) is 48.0 Å². The van der Waals surface area contributed by atoms with Gasteiger partial charge in [0.15, 0.2) is 23.7 Å². The van der Waals surface area contributed by atoms with Crippen molar-refractivity contribution in [3.63, 3.8) is 0 Å². The topological polar surface area (TPSA) is 120 Å². The van der Waals surface area contributed by atoms with E-state index in [2.05, 4.69) is 11.8 Å². The number of hydrogen-bond acceptors (Lipinski definition) is 9. The zero-order valence-corrected chi connectivity index (χ0v) is 28.4. The lowest BCUT2D eigenvalue weighted by Gasteiger charge is -2.63. The van der Waals surface area contributed by atoms with E-state index in [1.165, 1.54) is 44.4 Å². The second-order valence-electron chi connectivity index (χ2n) is 14.5. The maximum atomic E-state index is 17.8. The molecule has 0 saturated heterocycles. The second kappa shape index (κ2) is 12.3. The zero-order chi connectivity index (χ0) is 34.6. The van der Waals surface area contributed by atoms with Crippen LogP contribution in [0.25, 0.3) is 0 Å². The van der Waals surface area contributed by atoms with Crippen molar-refractivity contribution < 1.29 is 47.0 Å². The van der Waals surface area contributed by atoms with Gasteiger partial charge in [-0.3, -0.25) is 14.4 Å². The van der Waals surface area contributed by atoms with E-state index in [4.69, 9.17) is 13.9 Å². The Balaban J connectivity index is 1.46. The summed E-state index contributed by atoms with van der Waals surface area (Å²) >= 11 is 0.833. The van der Waals surface area contributed by atoms with E-state index in [9.17, 15) is 28.7 Å². The first kappa shape index (κ1) is 35.1. The monoisotopic (exact) mass is 672 g/mol. The largest absolute Gasteiger partial charge is 0.457 e. The van der Waals surface area contributed by atoms with E-state index in [0.717, 1.165) is 11.8 Å². The third-order valence-corrected chi connectivity index (χ3v) is 11.9. The number of rotatable bonds is 7. The number of halogens is 2. The molecule has 9 atom stereocenters. The van der Waals surface area contributed by atoms with Crippen LogP contribution in [0.5, 0.6) is 0 Å². The van der Waals surface area contributed by atoms with Crippen molar-refractivity contribution in [2.24, 2.45) is 34.5 Å². The summed E-state index contributed by atoms with van der Waals surface area (Å²) in [5, 5.41) is 11.4. The number of ketones is 1. The molecule has 1 aromatic heterocycles. The van der Waals surface area contributed by atoms with E-state index < -0.39 is 75.1 Å². The molecule has 0 amide bonds. The van der Waals surface area contributed by atoms with E-state index in [0.29, 0.717) is 18.4 Å². The minimum Gasteiger partial charge on any atom is -0.457 e. The van der Waals surface area contributed by atoms with Crippen LogP contribution < -0.4 is 0 Å². The van der Waals surface area contributed by atoms with Gasteiger partial charge >= 0.3 is 11.9 Å². The van der Waals surface area contributed by atoms with Crippen molar-refractivity contribution in [1.29, 1.82) is 0 Å². The molecule has 0 aliphatic heterocycles. The standard InChI is InChI=1S/C36H42F2O8S/c1-21-16-26-25-17-22(2)36(46-30(42)27-10-9-14-44-27,31(43)47-15-8-7-13-45-29(41)20-32(3,4)37)34(25,6)19-28(40)35(26,38)33(5)12-11-23(39)18-24(21)33/h9-12,14,18,21-22,25-26,28,40H,13,15-17,19-20H2,1-6H3/t21-,22+,25?,26?,28-,33-,34?,35-,36-/m0/s1. The van der Waals surface area contributed by atoms with Gasteiger partial charge in [-0.05, 0) is 76.2 Å². The molecular formula is C36H42F2O8S. The van der Waals surface area contributed by atoms with Gasteiger partial charge in [-0.15, -0.1) is 0 Å². The zero-order valence-electron chi connectivity index (χ0n) is 27.6. The van der Waals surface area contributed by atoms with Crippen LogP contribution in [0.2, 0.25) is 0 Å². The van der Waals surface area contributed by atoms with Gasteiger partial charge in [-0.1, -0.05) is 56.0 Å². The number of ether oxygens (including phenoxy) is 2. The van der Waals surface area contributed by atoms with Gasteiger partial charge in [0, 0.05) is 22.7 Å². The maximum absolute atomic E-state index is 17.8. The average molecular weight is 673 g/mol. The van der Waals surface area contributed by atoms with Gasteiger partial charge in [-0.25, -0.2) is 13.6 Å². The third-order valence-electron chi connectivity index (χ3n) is 11.1. The molecule has 1 N–H and O–H groups in total. The molecule has 47 heavy (non-hydrogen) atoms. The van der Waals surface area contributed by atoms with E-state index >= 15 is 4.39 Å². The number of hydrogen-bond donors (Lipinski definition) is 1. The molecule has 254 valence electrons. The van der Waals surface area contributed by atoms with E-state index in [1.807, 2.05) is 6.92 Å². The highest BCUT2D eigenvalue weighted by molar-refractivity contribution is 8.14. The lowest BCUT2D eigenvalue weighted by molar-refractivity contribution is -0.220. The molecule has 5 rings (SSSR count). The van der Waals surface area contributed by atoms with Gasteiger partial charge in [0.05, 0.1) is 24.5 Å². The number of esters is 2. The average Bonchev–Trinajstić information content (AvgIpc) is 3.59. The highest BCUT2D eigenvalue weighted by atomic mass is 32.2. The number of carbonyl (C=O) groups excluding carboxylic acids is 4. The molecule has 1 aromatic rings. The van der Waals surface area contributed by atoms with Gasteiger partial charge in [0.1, 0.15) is 5.67 Å².